The van der Waals surface area contributed by atoms with Gasteiger partial charge in [-0.15, -0.1) is 11.3 Å². The molecule has 0 saturated carbocycles. The third-order valence-corrected chi connectivity index (χ3v) is 7.09. The van der Waals surface area contributed by atoms with Crippen molar-refractivity contribution in [3.05, 3.63) is 70.2 Å². The number of pyridine rings is 2. The van der Waals surface area contributed by atoms with Crippen LogP contribution in [-0.2, 0) is 10.9 Å². The molecule has 6 rings (SSSR count). The van der Waals surface area contributed by atoms with Crippen molar-refractivity contribution < 1.29 is 17.9 Å². The van der Waals surface area contributed by atoms with Gasteiger partial charge in [0, 0.05) is 30.6 Å². The van der Waals surface area contributed by atoms with Crippen molar-refractivity contribution in [2.75, 3.05) is 13.2 Å². The van der Waals surface area contributed by atoms with E-state index in [4.69, 9.17) is 4.74 Å². The van der Waals surface area contributed by atoms with Gasteiger partial charge in [-0.25, -0.2) is 19.6 Å². The van der Waals surface area contributed by atoms with E-state index in [1.54, 1.807) is 13.1 Å². The van der Waals surface area contributed by atoms with Gasteiger partial charge in [0.05, 0.1) is 33.8 Å². The largest absolute Gasteiger partial charge is 0.433 e. The lowest BCUT2D eigenvalue weighted by Crippen LogP contribution is -2.18. The predicted molar refractivity (Wildman–Crippen MR) is 127 cm³/mol. The first-order valence-electron chi connectivity index (χ1n) is 11.1. The summed E-state index contributed by atoms with van der Waals surface area (Å²) in [4.78, 5) is 30.8. The molecule has 1 saturated heterocycles. The van der Waals surface area contributed by atoms with E-state index in [9.17, 15) is 18.0 Å². The Balaban J connectivity index is 1.52. The van der Waals surface area contributed by atoms with Gasteiger partial charge in [-0.1, -0.05) is 0 Å². The molecule has 1 fully saturated rings. The van der Waals surface area contributed by atoms with Gasteiger partial charge in [0.2, 0.25) is 5.43 Å². The molecule has 0 aliphatic carbocycles. The Hall–Kier alpha value is -3.77. The van der Waals surface area contributed by atoms with Crippen LogP contribution in [0.5, 0.6) is 0 Å². The minimum Gasteiger partial charge on any atom is -0.381 e. The van der Waals surface area contributed by atoms with E-state index in [0.29, 0.717) is 23.8 Å². The number of aryl methyl sites for hydroxylation is 1. The van der Waals surface area contributed by atoms with Crippen LogP contribution in [0.2, 0.25) is 0 Å². The minimum atomic E-state index is -4.58. The maximum atomic E-state index is 13.4. The fourth-order valence-corrected chi connectivity index (χ4v) is 5.16. The first-order valence-corrected chi connectivity index (χ1v) is 11.9. The van der Waals surface area contributed by atoms with Crippen LogP contribution in [0, 0.1) is 6.92 Å². The van der Waals surface area contributed by atoms with Crippen LogP contribution in [0.3, 0.4) is 0 Å². The van der Waals surface area contributed by atoms with Gasteiger partial charge < -0.3 is 4.74 Å². The molecule has 182 valence electrons. The van der Waals surface area contributed by atoms with Crippen molar-refractivity contribution in [3.63, 3.8) is 0 Å². The highest BCUT2D eigenvalue weighted by Crippen LogP contribution is 2.34. The maximum absolute atomic E-state index is 13.4. The Kier molecular flexibility index (Phi) is 5.30. The summed E-state index contributed by atoms with van der Waals surface area (Å²) >= 11 is 1.36. The molecule has 5 aromatic rings. The lowest BCUT2D eigenvalue weighted by molar-refractivity contribution is -0.141. The summed E-state index contributed by atoms with van der Waals surface area (Å²) < 4.78 is 46.8. The van der Waals surface area contributed by atoms with E-state index in [0.717, 1.165) is 34.5 Å². The number of hydrogen-bond donors (Lipinski definition) is 0. The minimum absolute atomic E-state index is 0.0601. The van der Waals surface area contributed by atoms with Gasteiger partial charge in [-0.2, -0.15) is 18.3 Å². The van der Waals surface area contributed by atoms with Crippen molar-refractivity contribution in [1.82, 2.24) is 29.7 Å². The highest BCUT2D eigenvalue weighted by atomic mass is 32.1. The van der Waals surface area contributed by atoms with Gasteiger partial charge in [0.1, 0.15) is 5.69 Å². The standard InChI is InChI=1S/C24H17F3N6O2S/c1-12-8-30-21-22(34)20(17-7-14-6-16(13-4-5-35-11-13)28-10-18(14)36-17)32-33(23(21)31-12)15-2-3-19(29-9-15)24(25,26)27/h2-3,6-10,13H,4-5,11H2,1H3/t13-/m0/s1. The second-order valence-corrected chi connectivity index (χ2v) is 9.57. The fraction of sp³-hybridized carbons (Fsp3) is 0.250. The summed E-state index contributed by atoms with van der Waals surface area (Å²) in [7, 11) is 0. The van der Waals surface area contributed by atoms with Crippen LogP contribution >= 0.6 is 11.3 Å². The molecule has 1 atom stereocenters. The van der Waals surface area contributed by atoms with E-state index < -0.39 is 17.3 Å². The summed E-state index contributed by atoms with van der Waals surface area (Å²) in [6.45, 7) is 3.04. The van der Waals surface area contributed by atoms with Crippen LogP contribution < -0.4 is 5.43 Å². The molecule has 5 aromatic heterocycles. The molecule has 0 radical (unpaired) electrons. The van der Waals surface area contributed by atoms with Gasteiger partial charge >= 0.3 is 6.18 Å². The summed E-state index contributed by atoms with van der Waals surface area (Å²) in [5.41, 5.74) is 0.554. The van der Waals surface area contributed by atoms with Crippen LogP contribution in [0.15, 0.2) is 47.7 Å². The molecule has 0 N–H and O–H groups in total. The zero-order chi connectivity index (χ0) is 25.0. The predicted octanol–water partition coefficient (Wildman–Crippen LogP) is 4.68. The average molecular weight is 511 g/mol. The van der Waals surface area contributed by atoms with E-state index in [1.807, 2.05) is 12.1 Å². The quantitative estimate of drug-likeness (QED) is 0.348. The van der Waals surface area contributed by atoms with Crippen molar-refractivity contribution in [2.45, 2.75) is 25.4 Å². The van der Waals surface area contributed by atoms with E-state index in [2.05, 4.69) is 25.0 Å². The number of nitrogens with zero attached hydrogens (tertiary/aromatic N) is 6. The fourth-order valence-electron chi connectivity index (χ4n) is 4.17. The van der Waals surface area contributed by atoms with E-state index in [1.165, 1.54) is 28.3 Å². The van der Waals surface area contributed by atoms with Crippen molar-refractivity contribution in [2.24, 2.45) is 0 Å². The number of thiophene rings is 1. The number of aromatic nitrogens is 6. The SMILES string of the molecule is Cc1cnc2c(=O)c(-c3cc4cc([C@H]5CCOC5)ncc4s3)nn(-c3ccc(C(F)(F)F)nc3)c2n1. The molecule has 0 amide bonds. The molecule has 0 spiro atoms. The number of hydrogen-bond acceptors (Lipinski definition) is 8. The molecule has 12 heteroatoms. The first-order chi connectivity index (χ1) is 17.3. The first kappa shape index (κ1) is 22.7. The van der Waals surface area contributed by atoms with Crippen molar-refractivity contribution in [3.8, 4) is 16.3 Å². The third-order valence-electron chi connectivity index (χ3n) is 5.99. The molecule has 8 nitrogen and oxygen atoms in total. The third kappa shape index (κ3) is 3.91. The number of fused-ring (bicyclic) bond motifs is 2. The Labute approximate surface area is 205 Å². The average Bonchev–Trinajstić information content (AvgIpc) is 3.53. The molecule has 1 aliphatic heterocycles. The lowest BCUT2D eigenvalue weighted by atomic mass is 10.0. The van der Waals surface area contributed by atoms with E-state index >= 15 is 0 Å². The monoisotopic (exact) mass is 510 g/mol. The van der Waals surface area contributed by atoms with Crippen LogP contribution in [0.1, 0.15) is 29.4 Å². The molecule has 6 heterocycles. The molecule has 36 heavy (non-hydrogen) atoms. The lowest BCUT2D eigenvalue weighted by Gasteiger charge is -2.12. The molecular formula is C24H17F3N6O2S. The van der Waals surface area contributed by atoms with Gasteiger partial charge in [-0.3, -0.25) is 9.78 Å². The topological polar surface area (TPSA) is 95.7 Å². The van der Waals surface area contributed by atoms with Crippen molar-refractivity contribution >= 4 is 32.6 Å². The van der Waals surface area contributed by atoms with Gasteiger partial charge in [-0.05, 0) is 43.0 Å². The second-order valence-electron chi connectivity index (χ2n) is 8.49. The smallest absolute Gasteiger partial charge is 0.381 e. The van der Waals surface area contributed by atoms with Crippen LogP contribution in [0.4, 0.5) is 13.2 Å². The normalized spacial score (nSPS) is 16.3. The number of ether oxygens (including phenoxy) is 1. The van der Waals surface area contributed by atoms with Crippen molar-refractivity contribution in [1.29, 1.82) is 0 Å². The van der Waals surface area contributed by atoms with Crippen LogP contribution in [-0.4, -0.2) is 42.9 Å². The van der Waals surface area contributed by atoms with Crippen LogP contribution in [0.25, 0.3) is 37.5 Å². The number of halogens is 3. The van der Waals surface area contributed by atoms with E-state index in [-0.39, 0.29) is 28.5 Å². The summed E-state index contributed by atoms with van der Waals surface area (Å²) in [6.07, 6.45) is 0.630. The zero-order valence-electron chi connectivity index (χ0n) is 18.8. The number of rotatable bonds is 3. The summed E-state index contributed by atoms with van der Waals surface area (Å²) in [5.74, 6) is 0.236. The summed E-state index contributed by atoms with van der Waals surface area (Å²) in [6, 6.07) is 5.97. The highest BCUT2D eigenvalue weighted by molar-refractivity contribution is 7.22. The Morgan fingerprint density at radius 2 is 1.97 bits per heavy atom. The Bertz CT molecular complexity index is 1670. The molecule has 0 bridgehead atoms. The molecule has 0 aromatic carbocycles. The second kappa shape index (κ2) is 8.42. The summed E-state index contributed by atoms with van der Waals surface area (Å²) in [5, 5.41) is 5.44. The van der Waals surface area contributed by atoms with Gasteiger partial charge in [0.25, 0.3) is 0 Å². The molecular weight excluding hydrogens is 493 g/mol. The molecule has 1 aliphatic rings. The Morgan fingerprint density at radius 3 is 2.69 bits per heavy atom. The highest BCUT2D eigenvalue weighted by Gasteiger charge is 2.32. The maximum Gasteiger partial charge on any atom is 0.433 e. The van der Waals surface area contributed by atoms with Gasteiger partial charge in [0.15, 0.2) is 16.9 Å². The molecule has 0 unspecified atom stereocenters. The number of alkyl halides is 3. The zero-order valence-corrected chi connectivity index (χ0v) is 19.6. The Morgan fingerprint density at radius 1 is 1.11 bits per heavy atom.